The fourth-order valence-corrected chi connectivity index (χ4v) is 4.04. The van der Waals surface area contributed by atoms with E-state index in [0.29, 0.717) is 44.4 Å². The molecule has 1 amide bonds. The maximum absolute atomic E-state index is 12.9. The monoisotopic (exact) mass is 424 g/mol. The topological polar surface area (TPSA) is 84.9 Å². The van der Waals surface area contributed by atoms with Crippen LogP contribution in [0.4, 0.5) is 11.8 Å². The molecule has 3 heterocycles. The number of hydrogen-bond donors (Lipinski definition) is 0. The maximum atomic E-state index is 12.9. The smallest absolute Gasteiger partial charge is 0.305 e. The molecule has 1 aromatic carbocycles. The summed E-state index contributed by atoms with van der Waals surface area (Å²) >= 11 is 0. The van der Waals surface area contributed by atoms with Crippen LogP contribution < -0.4 is 9.80 Å². The van der Waals surface area contributed by atoms with Crippen LogP contribution in [0.5, 0.6) is 0 Å². The number of ether oxygens (including phenoxy) is 2. The van der Waals surface area contributed by atoms with Gasteiger partial charge in [0.2, 0.25) is 11.9 Å². The third kappa shape index (κ3) is 4.69. The first-order valence-electron chi connectivity index (χ1n) is 10.7. The zero-order chi connectivity index (χ0) is 21.8. The van der Waals surface area contributed by atoms with Crippen LogP contribution in [0, 0.1) is 6.92 Å². The number of aryl methyl sites for hydroxylation is 1. The number of amides is 1. The fraction of sp³-hybridized carbons (Fsp3) is 0.478. The van der Waals surface area contributed by atoms with E-state index in [2.05, 4.69) is 34.8 Å². The number of nitrogens with zero attached hydrogens (tertiary/aromatic N) is 4. The van der Waals surface area contributed by atoms with Gasteiger partial charge in [0, 0.05) is 43.6 Å². The van der Waals surface area contributed by atoms with Gasteiger partial charge in [0.1, 0.15) is 5.82 Å². The number of aromatic nitrogens is 2. The van der Waals surface area contributed by atoms with Crippen molar-refractivity contribution in [1.82, 2.24) is 9.97 Å². The van der Waals surface area contributed by atoms with Gasteiger partial charge in [-0.3, -0.25) is 14.5 Å². The van der Waals surface area contributed by atoms with Gasteiger partial charge in [0.05, 0.1) is 26.0 Å². The average molecular weight is 425 g/mol. The number of carbonyl (C=O) groups is 2. The minimum atomic E-state index is -0.298. The lowest BCUT2D eigenvalue weighted by molar-refractivity contribution is -0.140. The third-order valence-electron chi connectivity index (χ3n) is 5.70. The van der Waals surface area contributed by atoms with Gasteiger partial charge in [-0.1, -0.05) is 23.8 Å². The Morgan fingerprint density at radius 2 is 1.94 bits per heavy atom. The molecule has 1 saturated heterocycles. The second-order valence-corrected chi connectivity index (χ2v) is 7.87. The molecule has 2 aromatic rings. The normalized spacial score (nSPS) is 15.7. The Bertz CT molecular complexity index is 972. The first kappa shape index (κ1) is 21.2. The number of fused-ring (bicyclic) bond motifs is 1. The predicted octanol–water partition coefficient (Wildman–Crippen LogP) is 2.52. The van der Waals surface area contributed by atoms with Crippen molar-refractivity contribution in [3.63, 3.8) is 0 Å². The number of carbonyl (C=O) groups excluding carboxylic acids is 2. The summed E-state index contributed by atoms with van der Waals surface area (Å²) in [7, 11) is 1.36. The summed E-state index contributed by atoms with van der Waals surface area (Å²) in [4.78, 5) is 37.9. The highest BCUT2D eigenvalue weighted by Crippen LogP contribution is 2.36. The first-order valence-corrected chi connectivity index (χ1v) is 10.7. The van der Waals surface area contributed by atoms with Gasteiger partial charge in [0.25, 0.3) is 0 Å². The lowest BCUT2D eigenvalue weighted by Gasteiger charge is -2.28. The molecule has 4 rings (SSSR count). The highest BCUT2D eigenvalue weighted by Gasteiger charge is 2.31. The van der Waals surface area contributed by atoms with E-state index in [0.717, 1.165) is 35.5 Å². The van der Waals surface area contributed by atoms with Crippen LogP contribution in [0.15, 0.2) is 24.3 Å². The number of methoxy groups -OCH3 is 1. The molecule has 0 N–H and O–H groups in total. The third-order valence-corrected chi connectivity index (χ3v) is 5.70. The zero-order valence-electron chi connectivity index (χ0n) is 18.1. The zero-order valence-corrected chi connectivity index (χ0v) is 18.1. The molecule has 2 aliphatic rings. The summed E-state index contributed by atoms with van der Waals surface area (Å²) in [5.74, 6) is 1.00. The summed E-state index contributed by atoms with van der Waals surface area (Å²) in [6.45, 7) is 5.35. The van der Waals surface area contributed by atoms with E-state index in [9.17, 15) is 9.59 Å². The molecule has 0 spiro atoms. The van der Waals surface area contributed by atoms with E-state index in [-0.39, 0.29) is 24.7 Å². The summed E-state index contributed by atoms with van der Waals surface area (Å²) in [6.07, 6.45) is 1.69. The number of hydrogen-bond acceptors (Lipinski definition) is 7. The Hall–Kier alpha value is -3.00. The highest BCUT2D eigenvalue weighted by molar-refractivity contribution is 5.96. The van der Waals surface area contributed by atoms with Gasteiger partial charge >= 0.3 is 5.97 Å². The summed E-state index contributed by atoms with van der Waals surface area (Å²) in [5.41, 5.74) is 4.09. The van der Waals surface area contributed by atoms with E-state index < -0.39 is 0 Å². The van der Waals surface area contributed by atoms with Crippen molar-refractivity contribution in [3.8, 4) is 11.3 Å². The van der Waals surface area contributed by atoms with E-state index in [4.69, 9.17) is 14.7 Å². The van der Waals surface area contributed by atoms with Gasteiger partial charge in [-0.2, -0.15) is 4.98 Å². The van der Waals surface area contributed by atoms with Gasteiger partial charge in [0.15, 0.2) is 0 Å². The van der Waals surface area contributed by atoms with Crippen molar-refractivity contribution in [2.45, 2.75) is 32.6 Å². The van der Waals surface area contributed by atoms with Crippen LogP contribution >= 0.6 is 0 Å². The van der Waals surface area contributed by atoms with Crippen molar-refractivity contribution in [2.75, 3.05) is 49.8 Å². The standard InChI is InChI=1S/C23H28N4O4/c1-16-5-3-6-17(15-16)21-18-9-10-27(19(28)7-4-8-20(29)30-2)22(18)25-23(24-21)26-11-13-31-14-12-26/h3,5-6,15H,4,7-14H2,1-2H3. The average Bonchev–Trinajstić information content (AvgIpc) is 3.23. The first-order chi connectivity index (χ1) is 15.1. The maximum Gasteiger partial charge on any atom is 0.305 e. The van der Waals surface area contributed by atoms with Crippen molar-refractivity contribution in [2.24, 2.45) is 0 Å². The summed E-state index contributed by atoms with van der Waals surface area (Å²) in [5, 5.41) is 0. The molecule has 0 bridgehead atoms. The van der Waals surface area contributed by atoms with Crippen molar-refractivity contribution in [1.29, 1.82) is 0 Å². The Kier molecular flexibility index (Phi) is 6.46. The molecule has 0 saturated carbocycles. The van der Waals surface area contributed by atoms with Crippen LogP contribution in [-0.2, 0) is 25.5 Å². The Balaban J connectivity index is 1.66. The number of benzene rings is 1. The molecular weight excluding hydrogens is 396 g/mol. The second kappa shape index (κ2) is 9.43. The molecule has 1 fully saturated rings. The number of esters is 1. The molecule has 0 radical (unpaired) electrons. The molecule has 2 aliphatic heterocycles. The van der Waals surface area contributed by atoms with Gasteiger partial charge < -0.3 is 14.4 Å². The molecule has 0 unspecified atom stereocenters. The van der Waals surface area contributed by atoms with E-state index >= 15 is 0 Å². The van der Waals surface area contributed by atoms with E-state index in [1.807, 2.05) is 6.07 Å². The van der Waals surface area contributed by atoms with Gasteiger partial charge in [-0.05, 0) is 25.8 Å². The van der Waals surface area contributed by atoms with Crippen molar-refractivity contribution >= 4 is 23.6 Å². The molecule has 8 nitrogen and oxygen atoms in total. The lowest BCUT2D eigenvalue weighted by atomic mass is 10.0. The van der Waals surface area contributed by atoms with Crippen LogP contribution in [0.25, 0.3) is 11.3 Å². The van der Waals surface area contributed by atoms with Gasteiger partial charge in [-0.25, -0.2) is 4.98 Å². The number of morpholine rings is 1. The summed E-state index contributed by atoms with van der Waals surface area (Å²) < 4.78 is 10.1. The van der Waals surface area contributed by atoms with Crippen LogP contribution in [0.2, 0.25) is 0 Å². The fourth-order valence-electron chi connectivity index (χ4n) is 4.04. The van der Waals surface area contributed by atoms with Gasteiger partial charge in [-0.15, -0.1) is 0 Å². The quantitative estimate of drug-likeness (QED) is 0.659. The molecule has 8 heteroatoms. The van der Waals surface area contributed by atoms with Crippen molar-refractivity contribution in [3.05, 3.63) is 35.4 Å². The molecule has 0 aliphatic carbocycles. The molecule has 0 atom stereocenters. The minimum Gasteiger partial charge on any atom is -0.469 e. The van der Waals surface area contributed by atoms with E-state index in [1.165, 1.54) is 7.11 Å². The van der Waals surface area contributed by atoms with E-state index in [1.54, 1.807) is 4.90 Å². The largest absolute Gasteiger partial charge is 0.469 e. The Morgan fingerprint density at radius 3 is 2.68 bits per heavy atom. The van der Waals surface area contributed by atoms with Crippen molar-refractivity contribution < 1.29 is 19.1 Å². The molecule has 31 heavy (non-hydrogen) atoms. The van der Waals surface area contributed by atoms with Crippen LogP contribution in [-0.4, -0.2) is 61.8 Å². The second-order valence-electron chi connectivity index (χ2n) is 7.87. The number of anilines is 2. The Morgan fingerprint density at radius 1 is 1.13 bits per heavy atom. The Labute approximate surface area is 182 Å². The number of rotatable bonds is 6. The lowest BCUT2D eigenvalue weighted by Crippen LogP contribution is -2.38. The predicted molar refractivity (Wildman–Crippen MR) is 117 cm³/mol. The molecule has 1 aromatic heterocycles. The molecule has 164 valence electrons. The van der Waals surface area contributed by atoms with Crippen LogP contribution in [0.3, 0.4) is 0 Å². The van der Waals surface area contributed by atoms with Crippen LogP contribution in [0.1, 0.15) is 30.4 Å². The molecular formula is C23H28N4O4. The SMILES string of the molecule is COC(=O)CCCC(=O)N1CCc2c(-c3cccc(C)c3)nc(N3CCOCC3)nc21. The minimum absolute atomic E-state index is 0.0236. The summed E-state index contributed by atoms with van der Waals surface area (Å²) in [6, 6.07) is 8.26. The highest BCUT2D eigenvalue weighted by atomic mass is 16.5.